The van der Waals surface area contributed by atoms with Gasteiger partial charge in [0.25, 0.3) is 0 Å². The minimum atomic E-state index is -3.42. The van der Waals surface area contributed by atoms with Gasteiger partial charge in [-0.2, -0.15) is 4.31 Å². The van der Waals surface area contributed by atoms with E-state index in [0.29, 0.717) is 5.69 Å². The molecule has 1 aliphatic rings. The smallest absolute Gasteiger partial charge is 0.245 e. The zero-order valence-corrected chi connectivity index (χ0v) is 10.1. The number of hydrogen-bond acceptors (Lipinski definition) is 3. The molecule has 0 atom stereocenters. The number of nitrogen functional groups attached to an aromatic ring is 1. The Labute approximate surface area is 96.1 Å². The molecule has 0 bridgehead atoms. The van der Waals surface area contributed by atoms with Crippen LogP contribution >= 0.6 is 0 Å². The third-order valence-corrected chi connectivity index (χ3v) is 5.15. The second kappa shape index (κ2) is 4.07. The molecule has 1 aromatic rings. The second-order valence-electron chi connectivity index (χ2n) is 4.14. The maximum Gasteiger partial charge on any atom is 0.245 e. The highest BCUT2D eigenvalue weighted by molar-refractivity contribution is 7.89. The van der Waals surface area contributed by atoms with Crippen molar-refractivity contribution in [2.45, 2.75) is 30.2 Å². The van der Waals surface area contributed by atoms with Crippen molar-refractivity contribution in [1.29, 1.82) is 0 Å². The molecule has 1 fully saturated rings. The van der Waals surface area contributed by atoms with Gasteiger partial charge in [0, 0.05) is 13.1 Å². The van der Waals surface area contributed by atoms with Crippen LogP contribution in [-0.4, -0.2) is 25.8 Å². The molecule has 88 valence electrons. The molecule has 1 aliphatic carbocycles. The summed E-state index contributed by atoms with van der Waals surface area (Å²) in [5, 5.41) is 0. The first-order valence-electron chi connectivity index (χ1n) is 5.36. The molecule has 0 aliphatic heterocycles. The van der Waals surface area contributed by atoms with Crippen molar-refractivity contribution < 1.29 is 8.42 Å². The van der Waals surface area contributed by atoms with Gasteiger partial charge in [-0.3, -0.25) is 0 Å². The van der Waals surface area contributed by atoms with E-state index in [4.69, 9.17) is 5.73 Å². The van der Waals surface area contributed by atoms with Crippen molar-refractivity contribution >= 4 is 15.7 Å². The molecule has 0 amide bonds. The fourth-order valence-corrected chi connectivity index (χ4v) is 3.35. The molecule has 0 saturated heterocycles. The maximum atomic E-state index is 12.2. The van der Waals surface area contributed by atoms with E-state index in [1.54, 1.807) is 31.3 Å². The standard InChI is InChI=1S/C11H16N2O2S/c1-13(9-5-4-6-9)16(14,15)11-8-3-2-7-10(11)12/h2-3,7-9H,4-6,12H2,1H3. The lowest BCUT2D eigenvalue weighted by Crippen LogP contribution is -2.41. The Morgan fingerprint density at radius 1 is 1.31 bits per heavy atom. The van der Waals surface area contributed by atoms with Crippen LogP contribution in [0.4, 0.5) is 5.69 Å². The van der Waals surface area contributed by atoms with Crippen LogP contribution < -0.4 is 5.73 Å². The minimum absolute atomic E-state index is 0.143. The summed E-state index contributed by atoms with van der Waals surface area (Å²) in [6.45, 7) is 0. The zero-order chi connectivity index (χ0) is 11.8. The number of hydrogen-bond donors (Lipinski definition) is 1. The number of anilines is 1. The molecule has 1 aromatic carbocycles. The van der Waals surface area contributed by atoms with Gasteiger partial charge in [-0.25, -0.2) is 8.42 Å². The third-order valence-electron chi connectivity index (χ3n) is 3.16. The molecule has 16 heavy (non-hydrogen) atoms. The van der Waals surface area contributed by atoms with Gasteiger partial charge in [0.15, 0.2) is 0 Å². The average Bonchev–Trinajstić information content (AvgIpc) is 2.15. The summed E-state index contributed by atoms with van der Waals surface area (Å²) in [6.07, 6.45) is 3.00. The summed E-state index contributed by atoms with van der Waals surface area (Å²) in [6, 6.07) is 6.74. The number of sulfonamides is 1. The molecular weight excluding hydrogens is 224 g/mol. The molecule has 2 rings (SSSR count). The topological polar surface area (TPSA) is 63.4 Å². The van der Waals surface area contributed by atoms with Gasteiger partial charge < -0.3 is 5.73 Å². The fraction of sp³-hybridized carbons (Fsp3) is 0.455. The van der Waals surface area contributed by atoms with Crippen LogP contribution in [-0.2, 0) is 10.0 Å². The van der Waals surface area contributed by atoms with Crippen LogP contribution in [0.25, 0.3) is 0 Å². The Kier molecular flexibility index (Phi) is 2.90. The summed E-state index contributed by atoms with van der Waals surface area (Å²) >= 11 is 0. The summed E-state index contributed by atoms with van der Waals surface area (Å²) in [5.74, 6) is 0. The van der Waals surface area contributed by atoms with Crippen LogP contribution in [0.2, 0.25) is 0 Å². The lowest BCUT2D eigenvalue weighted by atomic mass is 9.94. The monoisotopic (exact) mass is 240 g/mol. The van der Waals surface area contributed by atoms with Gasteiger partial charge >= 0.3 is 0 Å². The first kappa shape index (κ1) is 11.4. The van der Waals surface area contributed by atoms with Crippen LogP contribution in [0, 0.1) is 0 Å². The van der Waals surface area contributed by atoms with Crippen molar-refractivity contribution in [3.63, 3.8) is 0 Å². The Hall–Kier alpha value is -1.07. The van der Waals surface area contributed by atoms with E-state index < -0.39 is 10.0 Å². The van der Waals surface area contributed by atoms with Gasteiger partial charge in [-0.15, -0.1) is 0 Å². The number of nitrogens with zero attached hydrogens (tertiary/aromatic N) is 1. The van der Waals surface area contributed by atoms with Crippen molar-refractivity contribution in [3.05, 3.63) is 24.3 Å². The summed E-state index contributed by atoms with van der Waals surface area (Å²) in [4.78, 5) is 0.212. The number of rotatable bonds is 3. The molecule has 5 heteroatoms. The highest BCUT2D eigenvalue weighted by Gasteiger charge is 2.32. The molecule has 0 aromatic heterocycles. The molecular formula is C11H16N2O2S. The number of nitrogens with two attached hydrogens (primary N) is 1. The summed E-state index contributed by atoms with van der Waals surface area (Å²) in [7, 11) is -1.79. The molecule has 4 nitrogen and oxygen atoms in total. The first-order valence-corrected chi connectivity index (χ1v) is 6.80. The van der Waals surface area contributed by atoms with Crippen LogP contribution in [0.15, 0.2) is 29.2 Å². The van der Waals surface area contributed by atoms with Gasteiger partial charge in [-0.05, 0) is 25.0 Å². The highest BCUT2D eigenvalue weighted by atomic mass is 32.2. The largest absolute Gasteiger partial charge is 0.398 e. The predicted molar refractivity (Wildman–Crippen MR) is 63.4 cm³/mol. The SMILES string of the molecule is CN(C1CCC1)S(=O)(=O)c1ccccc1N. The fourth-order valence-electron chi connectivity index (χ4n) is 1.82. The van der Waals surface area contributed by atoms with E-state index in [1.807, 2.05) is 0 Å². The maximum absolute atomic E-state index is 12.2. The van der Waals surface area contributed by atoms with E-state index in [9.17, 15) is 8.42 Å². The van der Waals surface area contributed by atoms with Crippen molar-refractivity contribution in [2.24, 2.45) is 0 Å². The Bertz CT molecular complexity index is 481. The Morgan fingerprint density at radius 2 is 1.94 bits per heavy atom. The lowest BCUT2D eigenvalue weighted by Gasteiger charge is -2.33. The minimum Gasteiger partial charge on any atom is -0.398 e. The van der Waals surface area contributed by atoms with Crippen molar-refractivity contribution in [2.75, 3.05) is 12.8 Å². The lowest BCUT2D eigenvalue weighted by molar-refractivity contribution is 0.250. The zero-order valence-electron chi connectivity index (χ0n) is 9.26. The van der Waals surface area contributed by atoms with Crippen molar-refractivity contribution in [1.82, 2.24) is 4.31 Å². The normalized spacial score (nSPS) is 17.4. The number of para-hydroxylation sites is 1. The van der Waals surface area contributed by atoms with Gasteiger partial charge in [0.05, 0.1) is 5.69 Å². The molecule has 0 unspecified atom stereocenters. The molecule has 2 N–H and O–H groups in total. The van der Waals surface area contributed by atoms with Gasteiger partial charge in [0.2, 0.25) is 10.0 Å². The molecule has 0 spiro atoms. The molecule has 0 heterocycles. The van der Waals surface area contributed by atoms with E-state index in [2.05, 4.69) is 0 Å². The van der Waals surface area contributed by atoms with E-state index in [-0.39, 0.29) is 10.9 Å². The van der Waals surface area contributed by atoms with Gasteiger partial charge in [-0.1, -0.05) is 18.6 Å². The third kappa shape index (κ3) is 1.81. The average molecular weight is 240 g/mol. The Morgan fingerprint density at radius 3 is 2.44 bits per heavy atom. The Balaban J connectivity index is 2.35. The summed E-state index contributed by atoms with van der Waals surface area (Å²) < 4.78 is 25.9. The van der Waals surface area contributed by atoms with Crippen LogP contribution in [0.3, 0.4) is 0 Å². The molecule has 1 saturated carbocycles. The van der Waals surface area contributed by atoms with Crippen molar-refractivity contribution in [3.8, 4) is 0 Å². The van der Waals surface area contributed by atoms with E-state index in [0.717, 1.165) is 19.3 Å². The first-order chi connectivity index (χ1) is 7.53. The van der Waals surface area contributed by atoms with E-state index >= 15 is 0 Å². The van der Waals surface area contributed by atoms with Gasteiger partial charge in [0.1, 0.15) is 4.90 Å². The quantitative estimate of drug-likeness (QED) is 0.813. The van der Waals surface area contributed by atoms with Crippen LogP contribution in [0.1, 0.15) is 19.3 Å². The summed E-state index contributed by atoms with van der Waals surface area (Å²) in [5.41, 5.74) is 6.01. The van der Waals surface area contributed by atoms with E-state index in [1.165, 1.54) is 4.31 Å². The molecule has 0 radical (unpaired) electrons. The predicted octanol–water partition coefficient (Wildman–Crippen LogP) is 1.44. The number of benzene rings is 1. The highest BCUT2D eigenvalue weighted by Crippen LogP contribution is 2.30. The second-order valence-corrected chi connectivity index (χ2v) is 6.11. The van der Waals surface area contributed by atoms with Crippen LogP contribution in [0.5, 0.6) is 0 Å².